The van der Waals surface area contributed by atoms with E-state index >= 15 is 0 Å². The van der Waals surface area contributed by atoms with Gasteiger partial charge >= 0.3 is 0 Å². The Hall–Kier alpha value is -2.83. The Morgan fingerprint density at radius 2 is 2.00 bits per heavy atom. The predicted molar refractivity (Wildman–Crippen MR) is 65.9 cm³/mol. The Morgan fingerprint density at radius 3 is 2.68 bits per heavy atom. The molecule has 3 rings (SSSR count). The fourth-order valence-corrected chi connectivity index (χ4v) is 1.83. The highest BCUT2D eigenvalue weighted by Crippen LogP contribution is 2.27. The van der Waals surface area contributed by atoms with Gasteiger partial charge in [0.15, 0.2) is 5.65 Å². The highest BCUT2D eigenvalue weighted by Gasteiger charge is 2.13. The Bertz CT molecular complexity index is 767. The molecule has 1 aromatic carbocycles. The fraction of sp³-hybridized carbons (Fsp3) is 0. The number of halogens is 1. The maximum atomic E-state index is 12.9. The average Bonchev–Trinajstić information content (AvgIpc) is 2.82. The molecule has 0 atom stereocenters. The number of hydrogen-bond donors (Lipinski definition) is 1. The number of aromatic amines is 1. The molecule has 1 N–H and O–H groups in total. The molecule has 0 bridgehead atoms. The minimum absolute atomic E-state index is 0.114. The molecule has 0 radical (unpaired) electrons. The third kappa shape index (κ3) is 1.90. The van der Waals surface area contributed by atoms with E-state index in [-0.39, 0.29) is 11.5 Å². The molecule has 0 saturated carbocycles. The molecule has 0 unspecified atom stereocenters. The van der Waals surface area contributed by atoms with Crippen molar-refractivity contribution >= 4 is 16.7 Å². The maximum Gasteiger partial charge on any atom is 0.288 e. The van der Waals surface area contributed by atoms with E-state index in [2.05, 4.69) is 15.2 Å². The summed E-state index contributed by atoms with van der Waals surface area (Å²) >= 11 is 0. The van der Waals surface area contributed by atoms with Gasteiger partial charge in [-0.05, 0) is 24.3 Å². The highest BCUT2D eigenvalue weighted by molar-refractivity contribution is 5.91. The van der Waals surface area contributed by atoms with Crippen LogP contribution >= 0.6 is 0 Å². The largest absolute Gasteiger partial charge is 0.288 e. The summed E-state index contributed by atoms with van der Waals surface area (Å²) in [6.45, 7) is 0. The zero-order valence-corrected chi connectivity index (χ0v) is 9.50. The van der Waals surface area contributed by atoms with E-state index < -0.39 is 4.92 Å². The number of aromatic nitrogens is 3. The fourth-order valence-electron chi connectivity index (χ4n) is 1.83. The number of nitro groups is 1. The smallest absolute Gasteiger partial charge is 0.275 e. The van der Waals surface area contributed by atoms with Gasteiger partial charge in [0, 0.05) is 11.6 Å². The predicted octanol–water partition coefficient (Wildman–Crippen LogP) is 2.67. The first-order chi connectivity index (χ1) is 9.15. The van der Waals surface area contributed by atoms with Gasteiger partial charge in [0.25, 0.3) is 5.69 Å². The summed E-state index contributed by atoms with van der Waals surface area (Å²) < 4.78 is 12.9. The average molecular weight is 258 g/mol. The molecular formula is C12H7FN4O2. The number of pyridine rings is 1. The van der Waals surface area contributed by atoms with Crippen molar-refractivity contribution < 1.29 is 9.31 Å². The molecule has 0 amide bonds. The van der Waals surface area contributed by atoms with Crippen LogP contribution in [0.4, 0.5) is 10.1 Å². The van der Waals surface area contributed by atoms with Crippen LogP contribution in [0, 0.1) is 15.9 Å². The van der Waals surface area contributed by atoms with Crippen molar-refractivity contribution in [2.75, 3.05) is 0 Å². The molecular weight excluding hydrogens is 251 g/mol. The maximum absolute atomic E-state index is 12.9. The summed E-state index contributed by atoms with van der Waals surface area (Å²) in [6.07, 6.45) is 1.15. The van der Waals surface area contributed by atoms with Crippen molar-refractivity contribution in [2.24, 2.45) is 0 Å². The SMILES string of the molecule is O=[N+]([O-])c1cnc2n[nH]c(-c3ccc(F)cc3)c2c1. The summed E-state index contributed by atoms with van der Waals surface area (Å²) in [4.78, 5) is 14.1. The van der Waals surface area contributed by atoms with Crippen LogP contribution in [0.3, 0.4) is 0 Å². The van der Waals surface area contributed by atoms with E-state index in [1.165, 1.54) is 18.2 Å². The number of nitrogens with one attached hydrogen (secondary N) is 1. The number of benzene rings is 1. The number of nitrogens with zero attached hydrogens (tertiary/aromatic N) is 3. The molecule has 6 nitrogen and oxygen atoms in total. The minimum Gasteiger partial charge on any atom is -0.275 e. The number of rotatable bonds is 2. The first-order valence-corrected chi connectivity index (χ1v) is 5.39. The molecule has 0 fully saturated rings. The molecule has 2 heterocycles. The lowest BCUT2D eigenvalue weighted by molar-refractivity contribution is -0.385. The van der Waals surface area contributed by atoms with Crippen LogP contribution in [0.5, 0.6) is 0 Å². The van der Waals surface area contributed by atoms with E-state index in [4.69, 9.17) is 0 Å². The standard InChI is InChI=1S/C12H7FN4O2/c13-8-3-1-7(2-4-8)11-10-5-9(17(18)19)6-14-12(10)16-15-11/h1-6H,(H,14,15,16). The van der Waals surface area contributed by atoms with E-state index in [1.807, 2.05) is 0 Å². The lowest BCUT2D eigenvalue weighted by atomic mass is 10.1. The zero-order valence-electron chi connectivity index (χ0n) is 9.50. The van der Waals surface area contributed by atoms with Crippen LogP contribution in [0.25, 0.3) is 22.3 Å². The van der Waals surface area contributed by atoms with Crippen molar-refractivity contribution in [3.63, 3.8) is 0 Å². The van der Waals surface area contributed by atoms with Crippen molar-refractivity contribution in [1.82, 2.24) is 15.2 Å². The number of fused-ring (bicyclic) bond motifs is 1. The van der Waals surface area contributed by atoms with Crippen LogP contribution in [0.1, 0.15) is 0 Å². The second kappa shape index (κ2) is 4.13. The van der Waals surface area contributed by atoms with Crippen LogP contribution in [0.2, 0.25) is 0 Å². The Morgan fingerprint density at radius 1 is 1.26 bits per heavy atom. The van der Waals surface area contributed by atoms with Crippen molar-refractivity contribution in [2.45, 2.75) is 0 Å². The zero-order chi connectivity index (χ0) is 13.4. The van der Waals surface area contributed by atoms with E-state index in [0.29, 0.717) is 22.3 Å². The molecule has 0 aliphatic carbocycles. The van der Waals surface area contributed by atoms with Crippen molar-refractivity contribution in [3.05, 3.63) is 52.5 Å². The summed E-state index contributed by atoms with van der Waals surface area (Å²) in [6, 6.07) is 7.16. The van der Waals surface area contributed by atoms with Crippen LogP contribution in [-0.2, 0) is 0 Å². The van der Waals surface area contributed by atoms with E-state index in [9.17, 15) is 14.5 Å². The van der Waals surface area contributed by atoms with Crippen LogP contribution in [0.15, 0.2) is 36.5 Å². The van der Waals surface area contributed by atoms with Crippen molar-refractivity contribution in [3.8, 4) is 11.3 Å². The number of H-pyrrole nitrogens is 1. The van der Waals surface area contributed by atoms with Gasteiger partial charge in [0.2, 0.25) is 0 Å². The quantitative estimate of drug-likeness (QED) is 0.565. The molecule has 2 aromatic heterocycles. The van der Waals surface area contributed by atoms with Crippen LogP contribution in [-0.4, -0.2) is 20.1 Å². The van der Waals surface area contributed by atoms with Crippen LogP contribution < -0.4 is 0 Å². The van der Waals surface area contributed by atoms with E-state index in [1.54, 1.807) is 12.1 Å². The first-order valence-electron chi connectivity index (χ1n) is 5.39. The third-order valence-electron chi connectivity index (χ3n) is 2.74. The number of hydrogen-bond acceptors (Lipinski definition) is 4. The summed E-state index contributed by atoms with van der Waals surface area (Å²) in [5, 5.41) is 18.0. The van der Waals surface area contributed by atoms with E-state index in [0.717, 1.165) is 6.20 Å². The van der Waals surface area contributed by atoms with Gasteiger partial charge in [-0.25, -0.2) is 9.37 Å². The van der Waals surface area contributed by atoms with Gasteiger partial charge < -0.3 is 0 Å². The summed E-state index contributed by atoms with van der Waals surface area (Å²) in [5.74, 6) is -0.350. The Kier molecular flexibility index (Phi) is 2.45. The molecule has 0 aliphatic rings. The highest BCUT2D eigenvalue weighted by atomic mass is 19.1. The van der Waals surface area contributed by atoms with Gasteiger partial charge in [-0.3, -0.25) is 15.2 Å². The topological polar surface area (TPSA) is 84.7 Å². The normalized spacial score (nSPS) is 10.8. The van der Waals surface area contributed by atoms with Crippen molar-refractivity contribution in [1.29, 1.82) is 0 Å². The first kappa shape index (κ1) is 11.3. The molecule has 7 heteroatoms. The van der Waals surface area contributed by atoms with Gasteiger partial charge in [-0.15, -0.1) is 0 Å². The van der Waals surface area contributed by atoms with Gasteiger partial charge in [-0.1, -0.05) is 0 Å². The lowest BCUT2D eigenvalue weighted by Gasteiger charge is -1.98. The molecule has 0 aliphatic heterocycles. The second-order valence-corrected chi connectivity index (χ2v) is 3.93. The van der Waals surface area contributed by atoms with Gasteiger partial charge in [-0.2, -0.15) is 5.10 Å². The Balaban J connectivity index is 2.21. The lowest BCUT2D eigenvalue weighted by Crippen LogP contribution is -1.89. The Labute approximate surface area is 106 Å². The van der Waals surface area contributed by atoms with Gasteiger partial charge in [0.1, 0.15) is 12.0 Å². The third-order valence-corrected chi connectivity index (χ3v) is 2.74. The summed E-state index contributed by atoms with van der Waals surface area (Å²) in [5.41, 5.74) is 1.53. The molecule has 0 spiro atoms. The monoisotopic (exact) mass is 258 g/mol. The second-order valence-electron chi connectivity index (χ2n) is 3.93. The minimum atomic E-state index is -0.520. The molecule has 0 saturated heterocycles. The summed E-state index contributed by atoms with van der Waals surface area (Å²) in [7, 11) is 0. The van der Waals surface area contributed by atoms with Gasteiger partial charge in [0.05, 0.1) is 16.0 Å². The molecule has 19 heavy (non-hydrogen) atoms. The molecule has 94 valence electrons. The molecule has 3 aromatic rings.